The maximum absolute atomic E-state index is 12.7. The zero-order chi connectivity index (χ0) is 9.84. The van der Waals surface area contributed by atoms with Crippen LogP contribution in [0.3, 0.4) is 0 Å². The van der Waals surface area contributed by atoms with E-state index in [4.69, 9.17) is 5.73 Å². The highest BCUT2D eigenvalue weighted by Crippen LogP contribution is 2.12. The summed E-state index contributed by atoms with van der Waals surface area (Å²) in [6.07, 6.45) is 0. The summed E-state index contributed by atoms with van der Waals surface area (Å²) in [7, 11) is 1.60. The second kappa shape index (κ2) is 4.00. The van der Waals surface area contributed by atoms with Gasteiger partial charge in [-0.25, -0.2) is 4.39 Å². The van der Waals surface area contributed by atoms with Crippen LogP contribution in [-0.2, 0) is 4.79 Å². The summed E-state index contributed by atoms with van der Waals surface area (Å²) < 4.78 is 12.7. The SMILES string of the molecule is CN[C@@H](C(N)=O)c1cccc(F)c1. The fraction of sp³-hybridized carbons (Fsp3) is 0.222. The molecule has 1 aromatic rings. The molecule has 3 nitrogen and oxygen atoms in total. The number of primary amides is 1. The number of amides is 1. The molecule has 1 rings (SSSR count). The van der Waals surface area contributed by atoms with Crippen LogP contribution in [0.1, 0.15) is 11.6 Å². The highest BCUT2D eigenvalue weighted by Gasteiger charge is 2.14. The fourth-order valence-electron chi connectivity index (χ4n) is 1.16. The Morgan fingerprint density at radius 2 is 2.31 bits per heavy atom. The summed E-state index contributed by atoms with van der Waals surface area (Å²) in [5.74, 6) is -0.896. The van der Waals surface area contributed by atoms with Gasteiger partial charge in [0.25, 0.3) is 0 Å². The first-order valence-corrected chi connectivity index (χ1v) is 3.87. The lowest BCUT2D eigenvalue weighted by Gasteiger charge is -2.11. The Bertz CT molecular complexity index is 314. The van der Waals surface area contributed by atoms with E-state index in [2.05, 4.69) is 5.32 Å². The third-order valence-electron chi connectivity index (χ3n) is 1.76. The number of hydrogen-bond donors (Lipinski definition) is 2. The van der Waals surface area contributed by atoms with E-state index in [1.54, 1.807) is 13.1 Å². The first-order chi connectivity index (χ1) is 6.15. The van der Waals surface area contributed by atoms with E-state index < -0.39 is 11.9 Å². The lowest BCUT2D eigenvalue weighted by molar-refractivity contribution is -0.120. The molecule has 0 radical (unpaired) electrons. The molecular formula is C9H11FN2O. The van der Waals surface area contributed by atoms with Crippen molar-refractivity contribution in [3.63, 3.8) is 0 Å². The summed E-state index contributed by atoms with van der Waals surface area (Å²) in [6.45, 7) is 0. The summed E-state index contributed by atoms with van der Waals surface area (Å²) in [5, 5.41) is 2.70. The predicted octanol–water partition coefficient (Wildman–Crippen LogP) is 0.571. The van der Waals surface area contributed by atoms with Gasteiger partial charge in [0.05, 0.1) is 0 Å². The molecule has 0 heterocycles. The van der Waals surface area contributed by atoms with Crippen molar-refractivity contribution in [1.82, 2.24) is 5.32 Å². The minimum absolute atomic E-state index is 0.376. The van der Waals surface area contributed by atoms with Crippen LogP contribution in [0.5, 0.6) is 0 Å². The molecule has 0 bridgehead atoms. The topological polar surface area (TPSA) is 55.1 Å². The molecule has 1 amide bonds. The van der Waals surface area contributed by atoms with E-state index in [9.17, 15) is 9.18 Å². The lowest BCUT2D eigenvalue weighted by atomic mass is 10.1. The van der Waals surface area contributed by atoms with Crippen LogP contribution < -0.4 is 11.1 Å². The van der Waals surface area contributed by atoms with Crippen molar-refractivity contribution in [2.45, 2.75) is 6.04 Å². The molecule has 0 aliphatic carbocycles. The second-order valence-corrected chi connectivity index (χ2v) is 2.68. The number of hydrogen-bond acceptors (Lipinski definition) is 2. The van der Waals surface area contributed by atoms with Gasteiger partial charge in [-0.1, -0.05) is 12.1 Å². The monoisotopic (exact) mass is 182 g/mol. The number of nitrogens with two attached hydrogens (primary N) is 1. The number of nitrogens with one attached hydrogen (secondary N) is 1. The summed E-state index contributed by atoms with van der Waals surface area (Å²) >= 11 is 0. The Kier molecular flexibility index (Phi) is 2.97. The van der Waals surface area contributed by atoms with Crippen LogP contribution in [0.25, 0.3) is 0 Å². The molecule has 3 N–H and O–H groups in total. The number of carbonyl (C=O) groups excluding carboxylic acids is 1. The third kappa shape index (κ3) is 2.26. The molecular weight excluding hydrogens is 171 g/mol. The van der Waals surface area contributed by atoms with Crippen molar-refractivity contribution in [2.24, 2.45) is 5.73 Å². The summed E-state index contributed by atoms with van der Waals surface area (Å²) in [5.41, 5.74) is 5.64. The lowest BCUT2D eigenvalue weighted by Crippen LogP contribution is -2.31. The van der Waals surface area contributed by atoms with Gasteiger partial charge >= 0.3 is 0 Å². The molecule has 0 aromatic heterocycles. The number of rotatable bonds is 3. The van der Waals surface area contributed by atoms with Crippen molar-refractivity contribution >= 4 is 5.91 Å². The van der Waals surface area contributed by atoms with E-state index in [0.717, 1.165) is 0 Å². The third-order valence-corrected chi connectivity index (χ3v) is 1.76. The number of benzene rings is 1. The first kappa shape index (κ1) is 9.67. The highest BCUT2D eigenvalue weighted by molar-refractivity contribution is 5.81. The second-order valence-electron chi connectivity index (χ2n) is 2.68. The predicted molar refractivity (Wildman–Crippen MR) is 47.4 cm³/mol. The van der Waals surface area contributed by atoms with Gasteiger partial charge in [-0.2, -0.15) is 0 Å². The van der Waals surface area contributed by atoms with Gasteiger partial charge in [0, 0.05) is 0 Å². The summed E-state index contributed by atoms with van der Waals surface area (Å²) in [6, 6.07) is 5.16. The van der Waals surface area contributed by atoms with E-state index in [1.807, 2.05) is 0 Å². The quantitative estimate of drug-likeness (QED) is 0.718. The van der Waals surface area contributed by atoms with Crippen molar-refractivity contribution in [3.05, 3.63) is 35.6 Å². The zero-order valence-corrected chi connectivity index (χ0v) is 7.25. The smallest absolute Gasteiger partial charge is 0.239 e. The maximum Gasteiger partial charge on any atom is 0.239 e. The molecule has 0 saturated carbocycles. The van der Waals surface area contributed by atoms with Crippen molar-refractivity contribution < 1.29 is 9.18 Å². The van der Waals surface area contributed by atoms with Gasteiger partial charge in [-0.3, -0.25) is 4.79 Å². The fourth-order valence-corrected chi connectivity index (χ4v) is 1.16. The largest absolute Gasteiger partial charge is 0.368 e. The van der Waals surface area contributed by atoms with E-state index in [1.165, 1.54) is 18.2 Å². The minimum Gasteiger partial charge on any atom is -0.368 e. The normalized spacial score (nSPS) is 12.5. The molecule has 4 heteroatoms. The maximum atomic E-state index is 12.7. The van der Waals surface area contributed by atoms with Crippen LogP contribution >= 0.6 is 0 Å². The van der Waals surface area contributed by atoms with E-state index >= 15 is 0 Å². The molecule has 0 aliphatic rings. The number of carbonyl (C=O) groups is 1. The van der Waals surface area contributed by atoms with Crippen molar-refractivity contribution in [1.29, 1.82) is 0 Å². The Hall–Kier alpha value is -1.42. The molecule has 0 fully saturated rings. The number of likely N-dealkylation sites (N-methyl/N-ethyl adjacent to an activating group) is 1. The van der Waals surface area contributed by atoms with Gasteiger partial charge in [0.2, 0.25) is 5.91 Å². The van der Waals surface area contributed by atoms with Crippen molar-refractivity contribution in [2.75, 3.05) is 7.05 Å². The van der Waals surface area contributed by atoms with Crippen LogP contribution in [-0.4, -0.2) is 13.0 Å². The van der Waals surface area contributed by atoms with Gasteiger partial charge in [0.1, 0.15) is 11.9 Å². The summed E-state index contributed by atoms with van der Waals surface area (Å²) in [4.78, 5) is 10.9. The molecule has 1 aromatic carbocycles. The average molecular weight is 182 g/mol. The Morgan fingerprint density at radius 3 is 2.77 bits per heavy atom. The number of halogens is 1. The minimum atomic E-state index is -0.629. The van der Waals surface area contributed by atoms with Gasteiger partial charge in [0.15, 0.2) is 0 Å². The molecule has 70 valence electrons. The zero-order valence-electron chi connectivity index (χ0n) is 7.25. The molecule has 0 spiro atoms. The molecule has 13 heavy (non-hydrogen) atoms. The van der Waals surface area contributed by atoms with Crippen LogP contribution in [0, 0.1) is 5.82 Å². The average Bonchev–Trinajstić information content (AvgIpc) is 2.04. The van der Waals surface area contributed by atoms with E-state index in [-0.39, 0.29) is 5.82 Å². The van der Waals surface area contributed by atoms with Gasteiger partial charge < -0.3 is 11.1 Å². The van der Waals surface area contributed by atoms with Gasteiger partial charge in [-0.05, 0) is 24.7 Å². The van der Waals surface area contributed by atoms with Crippen LogP contribution in [0.15, 0.2) is 24.3 Å². The molecule has 0 aliphatic heterocycles. The molecule has 0 saturated heterocycles. The standard InChI is InChI=1S/C9H11FN2O/c1-12-8(9(11)13)6-3-2-4-7(10)5-6/h2-5,8,12H,1H3,(H2,11,13)/t8-/m1/s1. The molecule has 1 atom stereocenters. The van der Waals surface area contributed by atoms with Crippen LogP contribution in [0.2, 0.25) is 0 Å². The Morgan fingerprint density at radius 1 is 1.62 bits per heavy atom. The Labute approximate surface area is 75.7 Å². The van der Waals surface area contributed by atoms with Gasteiger partial charge in [-0.15, -0.1) is 0 Å². The van der Waals surface area contributed by atoms with Crippen molar-refractivity contribution in [3.8, 4) is 0 Å². The molecule has 0 unspecified atom stereocenters. The first-order valence-electron chi connectivity index (χ1n) is 3.87. The van der Waals surface area contributed by atoms with Crippen LogP contribution in [0.4, 0.5) is 4.39 Å². The highest BCUT2D eigenvalue weighted by atomic mass is 19.1. The Balaban J connectivity index is 2.98. The van der Waals surface area contributed by atoms with E-state index in [0.29, 0.717) is 5.56 Å².